The van der Waals surface area contributed by atoms with E-state index in [1.165, 1.54) is 25.7 Å². The number of fused-ring (bicyclic) bond motifs is 1. The van der Waals surface area contributed by atoms with E-state index in [2.05, 4.69) is 5.32 Å². The Bertz CT molecular complexity index is 583. The zero-order chi connectivity index (χ0) is 14.7. The minimum absolute atomic E-state index is 0.0888. The predicted octanol–water partition coefficient (Wildman–Crippen LogP) is 4.29. The molecule has 3 rings (SSSR count). The van der Waals surface area contributed by atoms with Crippen molar-refractivity contribution in [3.05, 3.63) is 36.1 Å². The minimum Gasteiger partial charge on any atom is -0.459 e. The fourth-order valence-electron chi connectivity index (χ4n) is 2.82. The largest absolute Gasteiger partial charge is 0.459 e. The van der Waals surface area contributed by atoms with Crippen LogP contribution in [-0.2, 0) is 4.79 Å². The lowest BCUT2D eigenvalue weighted by Gasteiger charge is -2.13. The number of benzene rings is 1. The maximum absolute atomic E-state index is 12.0. The SMILES string of the molecule is C[C@H](NC(=O)CSC1CCCC1)c1cc2ccccc2o1. The molecule has 1 N–H and O–H groups in total. The van der Waals surface area contributed by atoms with Crippen LogP contribution in [-0.4, -0.2) is 16.9 Å². The van der Waals surface area contributed by atoms with E-state index in [1.807, 2.05) is 37.3 Å². The molecule has 0 saturated heterocycles. The van der Waals surface area contributed by atoms with Gasteiger partial charge in [-0.2, -0.15) is 0 Å². The fourth-order valence-corrected chi connectivity index (χ4v) is 3.96. The van der Waals surface area contributed by atoms with Gasteiger partial charge < -0.3 is 9.73 Å². The number of furan rings is 1. The highest BCUT2D eigenvalue weighted by Gasteiger charge is 2.18. The lowest BCUT2D eigenvalue weighted by Crippen LogP contribution is -2.28. The molecule has 1 saturated carbocycles. The predicted molar refractivity (Wildman–Crippen MR) is 87.5 cm³/mol. The molecule has 0 spiro atoms. The van der Waals surface area contributed by atoms with Crippen LogP contribution in [0.5, 0.6) is 0 Å². The highest BCUT2D eigenvalue weighted by atomic mass is 32.2. The third-order valence-electron chi connectivity index (χ3n) is 4.00. The molecule has 4 heteroatoms. The molecule has 1 heterocycles. The normalized spacial score (nSPS) is 17.2. The maximum Gasteiger partial charge on any atom is 0.230 e. The highest BCUT2D eigenvalue weighted by molar-refractivity contribution is 8.00. The quantitative estimate of drug-likeness (QED) is 0.896. The van der Waals surface area contributed by atoms with Crippen LogP contribution in [0.2, 0.25) is 0 Å². The first-order valence-electron chi connectivity index (χ1n) is 7.62. The Morgan fingerprint density at radius 3 is 2.90 bits per heavy atom. The molecule has 1 atom stereocenters. The summed E-state index contributed by atoms with van der Waals surface area (Å²) < 4.78 is 5.79. The van der Waals surface area contributed by atoms with Crippen molar-refractivity contribution in [2.75, 3.05) is 5.75 Å². The van der Waals surface area contributed by atoms with Crippen molar-refractivity contribution < 1.29 is 9.21 Å². The molecule has 112 valence electrons. The van der Waals surface area contributed by atoms with Crippen molar-refractivity contribution in [3.63, 3.8) is 0 Å². The topological polar surface area (TPSA) is 42.2 Å². The van der Waals surface area contributed by atoms with Crippen LogP contribution in [0.15, 0.2) is 34.7 Å². The molecular weight excluding hydrogens is 282 g/mol. The number of rotatable bonds is 5. The first kappa shape index (κ1) is 14.5. The number of carbonyl (C=O) groups excluding carboxylic acids is 1. The Balaban J connectivity index is 1.54. The molecule has 1 amide bonds. The molecule has 2 aromatic rings. The van der Waals surface area contributed by atoms with E-state index < -0.39 is 0 Å². The molecular formula is C17H21NO2S. The fraction of sp³-hybridized carbons (Fsp3) is 0.471. The third kappa shape index (κ3) is 3.62. The Morgan fingerprint density at radius 2 is 2.14 bits per heavy atom. The van der Waals surface area contributed by atoms with Gasteiger partial charge in [-0.05, 0) is 31.9 Å². The number of hydrogen-bond acceptors (Lipinski definition) is 3. The smallest absolute Gasteiger partial charge is 0.230 e. The standard InChI is InChI=1S/C17H21NO2S/c1-12(16-10-13-6-2-5-9-15(13)20-16)18-17(19)11-21-14-7-3-4-8-14/h2,5-6,9-10,12,14H,3-4,7-8,11H2,1H3,(H,18,19)/t12-/m0/s1. The maximum atomic E-state index is 12.0. The van der Waals surface area contributed by atoms with Crippen molar-refractivity contribution in [2.45, 2.75) is 43.9 Å². The summed E-state index contributed by atoms with van der Waals surface area (Å²) in [4.78, 5) is 12.0. The van der Waals surface area contributed by atoms with Gasteiger partial charge >= 0.3 is 0 Å². The molecule has 3 nitrogen and oxygen atoms in total. The summed E-state index contributed by atoms with van der Waals surface area (Å²) in [6, 6.07) is 9.83. The zero-order valence-electron chi connectivity index (χ0n) is 12.3. The minimum atomic E-state index is -0.0888. The van der Waals surface area contributed by atoms with Crippen LogP contribution >= 0.6 is 11.8 Å². The van der Waals surface area contributed by atoms with Crippen molar-refractivity contribution in [1.29, 1.82) is 0 Å². The molecule has 0 aliphatic heterocycles. The summed E-state index contributed by atoms with van der Waals surface area (Å²) >= 11 is 1.79. The van der Waals surface area contributed by atoms with Crippen LogP contribution in [0.4, 0.5) is 0 Å². The average molecular weight is 303 g/mol. The van der Waals surface area contributed by atoms with E-state index >= 15 is 0 Å². The Hall–Kier alpha value is -1.42. The molecule has 1 aliphatic carbocycles. The lowest BCUT2D eigenvalue weighted by molar-refractivity contribution is -0.119. The van der Waals surface area contributed by atoms with Crippen LogP contribution < -0.4 is 5.32 Å². The van der Waals surface area contributed by atoms with Gasteiger partial charge in [0.25, 0.3) is 0 Å². The van der Waals surface area contributed by atoms with Crippen molar-refractivity contribution >= 4 is 28.6 Å². The van der Waals surface area contributed by atoms with Crippen LogP contribution in [0.3, 0.4) is 0 Å². The average Bonchev–Trinajstić information content (AvgIpc) is 3.14. The molecule has 21 heavy (non-hydrogen) atoms. The third-order valence-corrected chi connectivity index (χ3v) is 5.37. The Morgan fingerprint density at radius 1 is 1.38 bits per heavy atom. The summed E-state index contributed by atoms with van der Waals surface area (Å²) in [5, 5.41) is 4.78. The molecule has 1 aromatic carbocycles. The summed E-state index contributed by atoms with van der Waals surface area (Å²) in [7, 11) is 0. The Kier molecular flexibility index (Phi) is 4.54. The number of hydrogen-bond donors (Lipinski definition) is 1. The molecule has 0 radical (unpaired) electrons. The van der Waals surface area contributed by atoms with E-state index in [0.29, 0.717) is 11.0 Å². The van der Waals surface area contributed by atoms with Gasteiger partial charge in [0.05, 0.1) is 11.8 Å². The Labute approximate surface area is 129 Å². The van der Waals surface area contributed by atoms with Gasteiger partial charge in [-0.15, -0.1) is 11.8 Å². The summed E-state index contributed by atoms with van der Waals surface area (Å²) in [5.41, 5.74) is 0.869. The van der Waals surface area contributed by atoms with Gasteiger partial charge in [0.15, 0.2) is 0 Å². The van der Waals surface area contributed by atoms with Crippen LogP contribution in [0, 0.1) is 0 Å². The molecule has 1 fully saturated rings. The second-order valence-electron chi connectivity index (χ2n) is 5.69. The van der Waals surface area contributed by atoms with Crippen molar-refractivity contribution in [3.8, 4) is 0 Å². The molecule has 1 aliphatic rings. The lowest BCUT2D eigenvalue weighted by atomic mass is 10.2. The van der Waals surface area contributed by atoms with E-state index in [9.17, 15) is 4.79 Å². The van der Waals surface area contributed by atoms with Gasteiger partial charge in [0, 0.05) is 10.6 Å². The van der Waals surface area contributed by atoms with Crippen LogP contribution in [0.1, 0.15) is 44.4 Å². The summed E-state index contributed by atoms with van der Waals surface area (Å²) in [6.07, 6.45) is 5.15. The van der Waals surface area contributed by atoms with E-state index in [1.54, 1.807) is 11.8 Å². The number of amides is 1. The number of nitrogens with one attached hydrogen (secondary N) is 1. The van der Waals surface area contributed by atoms with E-state index in [0.717, 1.165) is 16.7 Å². The zero-order valence-corrected chi connectivity index (χ0v) is 13.1. The number of carbonyl (C=O) groups is 1. The van der Waals surface area contributed by atoms with Gasteiger partial charge in [0.2, 0.25) is 5.91 Å². The van der Waals surface area contributed by atoms with E-state index in [-0.39, 0.29) is 11.9 Å². The number of thioether (sulfide) groups is 1. The first-order valence-corrected chi connectivity index (χ1v) is 8.66. The summed E-state index contributed by atoms with van der Waals surface area (Å²) in [6.45, 7) is 1.97. The molecule has 1 aromatic heterocycles. The van der Waals surface area contributed by atoms with E-state index in [4.69, 9.17) is 4.42 Å². The number of para-hydroxylation sites is 1. The van der Waals surface area contributed by atoms with Gasteiger partial charge in [-0.3, -0.25) is 4.79 Å². The van der Waals surface area contributed by atoms with Gasteiger partial charge in [0.1, 0.15) is 11.3 Å². The van der Waals surface area contributed by atoms with Crippen molar-refractivity contribution in [2.24, 2.45) is 0 Å². The van der Waals surface area contributed by atoms with Gasteiger partial charge in [-0.25, -0.2) is 0 Å². The highest BCUT2D eigenvalue weighted by Crippen LogP contribution is 2.29. The second kappa shape index (κ2) is 6.56. The monoisotopic (exact) mass is 303 g/mol. The van der Waals surface area contributed by atoms with Crippen molar-refractivity contribution in [1.82, 2.24) is 5.32 Å². The molecule has 0 bridgehead atoms. The summed E-state index contributed by atoms with van der Waals surface area (Å²) in [5.74, 6) is 1.46. The van der Waals surface area contributed by atoms with Gasteiger partial charge in [-0.1, -0.05) is 31.0 Å². The van der Waals surface area contributed by atoms with Crippen LogP contribution in [0.25, 0.3) is 11.0 Å². The first-order chi connectivity index (χ1) is 10.2. The second-order valence-corrected chi connectivity index (χ2v) is 6.98. The molecule has 0 unspecified atom stereocenters.